The highest BCUT2D eigenvalue weighted by Gasteiger charge is 2.25. The third kappa shape index (κ3) is 2.50. The van der Waals surface area contributed by atoms with Crippen LogP contribution in [-0.2, 0) is 5.92 Å². The predicted molar refractivity (Wildman–Crippen MR) is 50.1 cm³/mol. The minimum absolute atomic E-state index is 0.0480. The highest BCUT2D eigenvalue weighted by Crippen LogP contribution is 2.30. The Morgan fingerprint density at radius 2 is 1.71 bits per heavy atom. The monoisotopic (exact) mass is 202 g/mol. The fourth-order valence-corrected chi connectivity index (χ4v) is 1.20. The van der Waals surface area contributed by atoms with Crippen LogP contribution in [-0.4, -0.2) is 0 Å². The van der Waals surface area contributed by atoms with Crippen LogP contribution in [0.2, 0.25) is 0 Å². The smallest absolute Gasteiger partial charge is 0.207 e. The van der Waals surface area contributed by atoms with Crippen molar-refractivity contribution in [3.05, 3.63) is 35.1 Å². The first-order valence-electron chi connectivity index (χ1n) is 4.49. The highest BCUT2D eigenvalue weighted by molar-refractivity contribution is 5.29. The summed E-state index contributed by atoms with van der Waals surface area (Å²) in [5.74, 6) is -3.54. The fraction of sp³-hybridized carbons (Fsp3) is 0.455. The summed E-state index contributed by atoms with van der Waals surface area (Å²) in [6.07, 6.45) is 0. The lowest BCUT2D eigenvalue weighted by Gasteiger charge is -2.13. The fourth-order valence-electron chi connectivity index (χ4n) is 1.20. The van der Waals surface area contributed by atoms with Crippen LogP contribution in [0.25, 0.3) is 0 Å². The van der Waals surface area contributed by atoms with Crippen molar-refractivity contribution in [2.24, 2.45) is 0 Å². The van der Waals surface area contributed by atoms with E-state index in [0.717, 1.165) is 13.0 Å². The van der Waals surface area contributed by atoms with Crippen molar-refractivity contribution in [2.45, 2.75) is 32.6 Å². The minimum atomic E-state index is -2.98. The lowest BCUT2D eigenvalue weighted by molar-refractivity contribution is 0.0170. The van der Waals surface area contributed by atoms with Crippen molar-refractivity contribution < 1.29 is 13.2 Å². The Labute approximate surface area is 81.8 Å². The van der Waals surface area contributed by atoms with Gasteiger partial charge < -0.3 is 0 Å². The summed E-state index contributed by atoms with van der Waals surface area (Å²) in [4.78, 5) is 0. The van der Waals surface area contributed by atoms with Crippen LogP contribution < -0.4 is 0 Å². The SMILES string of the molecule is CC(C)c1cc(F)cc(C(C)(F)F)c1. The van der Waals surface area contributed by atoms with Gasteiger partial charge in [0, 0.05) is 12.5 Å². The van der Waals surface area contributed by atoms with E-state index in [0.29, 0.717) is 5.56 Å². The van der Waals surface area contributed by atoms with Gasteiger partial charge in [-0.1, -0.05) is 13.8 Å². The van der Waals surface area contributed by atoms with Gasteiger partial charge in [-0.2, -0.15) is 0 Å². The molecule has 1 aromatic rings. The first-order valence-corrected chi connectivity index (χ1v) is 4.49. The molecule has 0 unspecified atom stereocenters. The van der Waals surface area contributed by atoms with Crippen LogP contribution in [0.1, 0.15) is 37.8 Å². The Morgan fingerprint density at radius 1 is 1.14 bits per heavy atom. The van der Waals surface area contributed by atoms with Gasteiger partial charge in [-0.3, -0.25) is 0 Å². The zero-order valence-corrected chi connectivity index (χ0v) is 8.44. The van der Waals surface area contributed by atoms with Crippen molar-refractivity contribution >= 4 is 0 Å². The average Bonchev–Trinajstić information content (AvgIpc) is 2.01. The maximum atomic E-state index is 13.0. The molecule has 0 saturated heterocycles. The Bertz CT molecular complexity index is 324. The molecule has 0 heterocycles. The van der Waals surface area contributed by atoms with Gasteiger partial charge in [0.25, 0.3) is 5.92 Å². The molecule has 0 aliphatic heterocycles. The van der Waals surface area contributed by atoms with E-state index < -0.39 is 11.7 Å². The molecule has 0 N–H and O–H groups in total. The second-order valence-electron chi connectivity index (χ2n) is 3.82. The molecular formula is C11H13F3. The van der Waals surface area contributed by atoms with E-state index in [-0.39, 0.29) is 11.5 Å². The molecule has 1 rings (SSSR count). The van der Waals surface area contributed by atoms with E-state index in [1.165, 1.54) is 12.1 Å². The first kappa shape index (κ1) is 11.1. The van der Waals surface area contributed by atoms with Crippen LogP contribution in [0, 0.1) is 5.82 Å². The Balaban J connectivity index is 3.21. The van der Waals surface area contributed by atoms with Gasteiger partial charge in [-0.15, -0.1) is 0 Å². The Morgan fingerprint density at radius 3 is 2.14 bits per heavy atom. The number of benzene rings is 1. The molecule has 14 heavy (non-hydrogen) atoms. The molecule has 78 valence electrons. The van der Waals surface area contributed by atoms with Gasteiger partial charge >= 0.3 is 0 Å². The summed E-state index contributed by atoms with van der Waals surface area (Å²) >= 11 is 0. The minimum Gasteiger partial charge on any atom is -0.207 e. The standard InChI is InChI=1S/C11H13F3/c1-7(2)8-4-9(11(3,13)14)6-10(12)5-8/h4-7H,1-3H3. The summed E-state index contributed by atoms with van der Waals surface area (Å²) in [6.45, 7) is 4.45. The van der Waals surface area contributed by atoms with E-state index >= 15 is 0 Å². The molecule has 0 aliphatic rings. The third-order valence-corrected chi connectivity index (χ3v) is 2.09. The maximum Gasteiger partial charge on any atom is 0.270 e. The third-order valence-electron chi connectivity index (χ3n) is 2.09. The number of halogens is 3. The second-order valence-corrected chi connectivity index (χ2v) is 3.82. The molecule has 0 nitrogen and oxygen atoms in total. The van der Waals surface area contributed by atoms with Crippen LogP contribution in [0.4, 0.5) is 13.2 Å². The van der Waals surface area contributed by atoms with Gasteiger partial charge in [0.1, 0.15) is 5.82 Å². The van der Waals surface area contributed by atoms with E-state index in [1.54, 1.807) is 0 Å². The van der Waals surface area contributed by atoms with Gasteiger partial charge in [0.2, 0.25) is 0 Å². The van der Waals surface area contributed by atoms with E-state index in [9.17, 15) is 13.2 Å². The highest BCUT2D eigenvalue weighted by atomic mass is 19.3. The molecule has 0 amide bonds. The summed E-state index contributed by atoms with van der Waals surface area (Å²) in [5.41, 5.74) is 0.336. The first-order chi connectivity index (χ1) is 6.30. The Kier molecular flexibility index (Phi) is 2.88. The van der Waals surface area contributed by atoms with E-state index in [1.807, 2.05) is 13.8 Å². The molecule has 3 heteroatoms. The summed E-state index contributed by atoms with van der Waals surface area (Å²) in [6, 6.07) is 3.53. The van der Waals surface area contributed by atoms with Crippen LogP contribution in [0.3, 0.4) is 0 Å². The molecule has 0 fully saturated rings. The lowest BCUT2D eigenvalue weighted by Crippen LogP contribution is -2.08. The van der Waals surface area contributed by atoms with Crippen LogP contribution in [0.5, 0.6) is 0 Å². The van der Waals surface area contributed by atoms with Gasteiger partial charge in [0.15, 0.2) is 0 Å². The predicted octanol–water partition coefficient (Wildman–Crippen LogP) is 4.06. The van der Waals surface area contributed by atoms with Crippen molar-refractivity contribution in [1.82, 2.24) is 0 Å². The topological polar surface area (TPSA) is 0 Å². The molecule has 0 bridgehead atoms. The van der Waals surface area contributed by atoms with Crippen molar-refractivity contribution in [3.63, 3.8) is 0 Å². The summed E-state index contributed by atoms with van der Waals surface area (Å²) in [7, 11) is 0. The van der Waals surface area contributed by atoms with E-state index in [2.05, 4.69) is 0 Å². The molecule has 0 radical (unpaired) electrons. The largest absolute Gasteiger partial charge is 0.270 e. The molecule has 0 spiro atoms. The lowest BCUT2D eigenvalue weighted by atomic mass is 9.98. The van der Waals surface area contributed by atoms with Crippen molar-refractivity contribution in [3.8, 4) is 0 Å². The van der Waals surface area contributed by atoms with Crippen LogP contribution in [0.15, 0.2) is 18.2 Å². The number of hydrogen-bond donors (Lipinski definition) is 0. The van der Waals surface area contributed by atoms with Gasteiger partial charge in [0.05, 0.1) is 0 Å². The zero-order valence-electron chi connectivity index (χ0n) is 8.44. The molecule has 0 saturated carbocycles. The molecule has 0 aliphatic carbocycles. The van der Waals surface area contributed by atoms with Gasteiger partial charge in [-0.05, 0) is 29.7 Å². The number of hydrogen-bond acceptors (Lipinski definition) is 0. The average molecular weight is 202 g/mol. The van der Waals surface area contributed by atoms with Crippen LogP contribution >= 0.6 is 0 Å². The Hall–Kier alpha value is -0.990. The molecule has 0 aromatic heterocycles. The summed E-state index contributed by atoms with van der Waals surface area (Å²) in [5, 5.41) is 0. The summed E-state index contributed by atoms with van der Waals surface area (Å²) < 4.78 is 38.8. The zero-order chi connectivity index (χ0) is 10.9. The van der Waals surface area contributed by atoms with Crippen molar-refractivity contribution in [1.29, 1.82) is 0 Å². The molecule has 1 aromatic carbocycles. The van der Waals surface area contributed by atoms with Gasteiger partial charge in [-0.25, -0.2) is 13.2 Å². The normalized spacial score (nSPS) is 12.2. The molecule has 0 atom stereocenters. The second kappa shape index (κ2) is 3.64. The van der Waals surface area contributed by atoms with Crippen molar-refractivity contribution in [2.75, 3.05) is 0 Å². The quantitative estimate of drug-likeness (QED) is 0.678. The molecular weight excluding hydrogens is 189 g/mol. The number of rotatable bonds is 2. The number of alkyl halides is 2. The van der Waals surface area contributed by atoms with E-state index in [4.69, 9.17) is 0 Å². The maximum absolute atomic E-state index is 13.0.